The van der Waals surface area contributed by atoms with Gasteiger partial charge < -0.3 is 10.2 Å². The first kappa shape index (κ1) is 22.7. The highest BCUT2D eigenvalue weighted by molar-refractivity contribution is 6.34. The number of nitrogens with one attached hydrogen (secondary N) is 2. The predicted molar refractivity (Wildman–Crippen MR) is 113 cm³/mol. The molecule has 32 heavy (non-hydrogen) atoms. The normalized spacial score (nSPS) is 23.3. The Labute approximate surface area is 191 Å². The van der Waals surface area contributed by atoms with Crippen molar-refractivity contribution in [2.45, 2.75) is 24.1 Å². The van der Waals surface area contributed by atoms with Gasteiger partial charge in [0.15, 0.2) is 0 Å². The number of alkyl halides is 3. The molecule has 0 bridgehead atoms. The van der Waals surface area contributed by atoms with E-state index in [-0.39, 0.29) is 47.3 Å². The van der Waals surface area contributed by atoms with E-state index >= 15 is 0 Å². The number of hydroxylamine groups is 1. The summed E-state index contributed by atoms with van der Waals surface area (Å²) in [6, 6.07) is 9.38. The van der Waals surface area contributed by atoms with Crippen LogP contribution in [0.4, 0.5) is 18.9 Å². The molecular formula is C21H18Cl2F3N3O3. The average Bonchev–Trinajstić information content (AvgIpc) is 3.35. The Bertz CT molecular complexity index is 1030. The summed E-state index contributed by atoms with van der Waals surface area (Å²) in [6.07, 6.45) is -4.67. The molecule has 2 aliphatic heterocycles. The predicted octanol–water partition coefficient (Wildman–Crippen LogP) is 3.86. The zero-order valence-corrected chi connectivity index (χ0v) is 18.0. The number of carbonyl (C=O) groups is 2. The molecule has 2 amide bonds. The standard InChI is InChI=1S/C21H18Cl2F3N3O3/c22-14-7-13(8-15(23)9-14)20(21(24,25)26)5-6-29(11-20)16-3-1-12(2-4-16)18(30)27-17-10-32-28-19(17)31/h1-4,7-9,17H,5-6,10-11H2,(H,27,30)(H,28,31). The molecule has 2 aromatic carbocycles. The lowest BCUT2D eigenvalue weighted by Gasteiger charge is -2.33. The molecular weight excluding hydrogens is 470 g/mol. The van der Waals surface area contributed by atoms with Crippen molar-refractivity contribution >= 4 is 40.7 Å². The van der Waals surface area contributed by atoms with Gasteiger partial charge in [0.05, 0.1) is 0 Å². The fourth-order valence-electron chi connectivity index (χ4n) is 4.01. The van der Waals surface area contributed by atoms with Crippen molar-refractivity contribution in [3.05, 3.63) is 63.6 Å². The van der Waals surface area contributed by atoms with E-state index in [9.17, 15) is 22.8 Å². The number of hydrogen-bond acceptors (Lipinski definition) is 4. The number of anilines is 1. The number of hydrogen-bond donors (Lipinski definition) is 2. The third kappa shape index (κ3) is 4.24. The van der Waals surface area contributed by atoms with Crippen molar-refractivity contribution in [1.82, 2.24) is 10.8 Å². The third-order valence-corrected chi connectivity index (χ3v) is 6.20. The highest BCUT2D eigenvalue weighted by atomic mass is 35.5. The van der Waals surface area contributed by atoms with E-state index in [1.54, 1.807) is 17.0 Å². The van der Waals surface area contributed by atoms with Gasteiger partial charge in [0, 0.05) is 34.4 Å². The molecule has 2 unspecified atom stereocenters. The molecule has 11 heteroatoms. The van der Waals surface area contributed by atoms with Crippen molar-refractivity contribution < 1.29 is 27.6 Å². The molecule has 0 saturated carbocycles. The zero-order chi connectivity index (χ0) is 23.1. The van der Waals surface area contributed by atoms with Crippen molar-refractivity contribution in [2.24, 2.45) is 0 Å². The Hall–Kier alpha value is -2.49. The minimum Gasteiger partial charge on any atom is -0.370 e. The number of nitrogens with zero attached hydrogens (tertiary/aromatic N) is 1. The summed E-state index contributed by atoms with van der Waals surface area (Å²) < 4.78 is 42.7. The lowest BCUT2D eigenvalue weighted by molar-refractivity contribution is -0.184. The Balaban J connectivity index is 1.53. The van der Waals surface area contributed by atoms with Gasteiger partial charge in [-0.1, -0.05) is 23.2 Å². The van der Waals surface area contributed by atoms with Crippen LogP contribution >= 0.6 is 23.2 Å². The topological polar surface area (TPSA) is 70.7 Å². The summed E-state index contributed by atoms with van der Waals surface area (Å²) in [4.78, 5) is 30.2. The third-order valence-electron chi connectivity index (χ3n) is 5.77. The Morgan fingerprint density at radius 2 is 1.81 bits per heavy atom. The van der Waals surface area contributed by atoms with Crippen LogP contribution < -0.4 is 15.7 Å². The smallest absolute Gasteiger partial charge is 0.370 e. The summed E-state index contributed by atoms with van der Waals surface area (Å²) in [5, 5.41) is 2.83. The van der Waals surface area contributed by atoms with E-state index in [1.807, 2.05) is 0 Å². The molecule has 2 aromatic rings. The highest BCUT2D eigenvalue weighted by Gasteiger charge is 2.59. The molecule has 2 heterocycles. The lowest BCUT2D eigenvalue weighted by Crippen LogP contribution is -2.44. The maximum atomic E-state index is 14.2. The second-order valence-electron chi connectivity index (χ2n) is 7.76. The van der Waals surface area contributed by atoms with Gasteiger partial charge in [-0.3, -0.25) is 14.4 Å². The molecule has 0 aromatic heterocycles. The van der Waals surface area contributed by atoms with Crippen LogP contribution in [0.15, 0.2) is 42.5 Å². The number of halogens is 5. The van der Waals surface area contributed by atoms with Gasteiger partial charge in [0.2, 0.25) is 0 Å². The van der Waals surface area contributed by atoms with Gasteiger partial charge in [0.1, 0.15) is 18.1 Å². The molecule has 6 nitrogen and oxygen atoms in total. The van der Waals surface area contributed by atoms with Gasteiger partial charge in [0.25, 0.3) is 11.8 Å². The maximum Gasteiger partial charge on any atom is 0.400 e. The summed E-state index contributed by atoms with van der Waals surface area (Å²) in [5.74, 6) is -0.932. The van der Waals surface area contributed by atoms with Crippen molar-refractivity contribution in [2.75, 3.05) is 24.6 Å². The van der Waals surface area contributed by atoms with Crippen molar-refractivity contribution in [3.63, 3.8) is 0 Å². The van der Waals surface area contributed by atoms with E-state index in [1.165, 1.54) is 30.3 Å². The fourth-order valence-corrected chi connectivity index (χ4v) is 4.53. The van der Waals surface area contributed by atoms with E-state index in [0.717, 1.165) is 0 Å². The second-order valence-corrected chi connectivity index (χ2v) is 8.63. The Kier molecular flexibility index (Phi) is 6.00. The molecule has 0 radical (unpaired) electrons. The zero-order valence-electron chi connectivity index (χ0n) is 16.5. The molecule has 2 saturated heterocycles. The first-order chi connectivity index (χ1) is 15.1. The van der Waals surface area contributed by atoms with Crippen LogP contribution in [0.2, 0.25) is 10.0 Å². The first-order valence-electron chi connectivity index (χ1n) is 9.70. The summed E-state index contributed by atoms with van der Waals surface area (Å²) in [5.41, 5.74) is 0.871. The quantitative estimate of drug-likeness (QED) is 0.686. The SMILES string of the molecule is O=C(NC1CONC1=O)c1ccc(N2CCC(c3cc(Cl)cc(Cl)c3)(C(F)(F)F)C2)cc1. The maximum absolute atomic E-state index is 14.2. The van der Waals surface area contributed by atoms with E-state index in [2.05, 4.69) is 10.8 Å². The molecule has 2 N–H and O–H groups in total. The minimum absolute atomic E-state index is 0.0173. The largest absolute Gasteiger partial charge is 0.400 e. The average molecular weight is 488 g/mol. The van der Waals surface area contributed by atoms with E-state index in [0.29, 0.717) is 5.69 Å². The van der Waals surface area contributed by atoms with Crippen LogP contribution in [0, 0.1) is 0 Å². The summed E-state index contributed by atoms with van der Waals surface area (Å²) >= 11 is 11.9. The molecule has 0 aliphatic carbocycles. The van der Waals surface area contributed by atoms with E-state index < -0.39 is 29.4 Å². The van der Waals surface area contributed by atoms with Crippen LogP contribution in [-0.2, 0) is 15.0 Å². The number of carbonyl (C=O) groups excluding carboxylic acids is 2. The van der Waals surface area contributed by atoms with Gasteiger partial charge in [-0.25, -0.2) is 5.48 Å². The fraction of sp³-hybridized carbons (Fsp3) is 0.333. The second kappa shape index (κ2) is 8.46. The van der Waals surface area contributed by atoms with Crippen LogP contribution in [0.3, 0.4) is 0 Å². The van der Waals surface area contributed by atoms with Crippen LogP contribution in [-0.4, -0.2) is 43.7 Å². The van der Waals surface area contributed by atoms with Crippen LogP contribution in [0.25, 0.3) is 0 Å². The number of benzene rings is 2. The molecule has 2 fully saturated rings. The molecule has 4 rings (SSSR count). The van der Waals surface area contributed by atoms with Crippen molar-refractivity contribution in [3.8, 4) is 0 Å². The monoisotopic (exact) mass is 487 g/mol. The molecule has 2 atom stereocenters. The van der Waals surface area contributed by atoms with Gasteiger partial charge in [-0.15, -0.1) is 0 Å². The van der Waals surface area contributed by atoms with Crippen molar-refractivity contribution in [1.29, 1.82) is 0 Å². The summed E-state index contributed by atoms with van der Waals surface area (Å²) in [6.45, 7) is -0.128. The Morgan fingerprint density at radius 1 is 1.16 bits per heavy atom. The van der Waals surface area contributed by atoms with Gasteiger partial charge >= 0.3 is 6.18 Å². The molecule has 0 spiro atoms. The summed E-state index contributed by atoms with van der Waals surface area (Å²) in [7, 11) is 0. The van der Waals surface area contributed by atoms with Crippen LogP contribution in [0.5, 0.6) is 0 Å². The molecule has 2 aliphatic rings. The van der Waals surface area contributed by atoms with Gasteiger partial charge in [-0.2, -0.15) is 13.2 Å². The van der Waals surface area contributed by atoms with Gasteiger partial charge in [-0.05, 0) is 54.4 Å². The highest BCUT2D eigenvalue weighted by Crippen LogP contribution is 2.49. The lowest BCUT2D eigenvalue weighted by atomic mass is 9.79. The van der Waals surface area contributed by atoms with Crippen LogP contribution in [0.1, 0.15) is 22.3 Å². The number of rotatable bonds is 4. The first-order valence-corrected chi connectivity index (χ1v) is 10.5. The Morgan fingerprint density at radius 3 is 2.38 bits per heavy atom. The molecule has 170 valence electrons. The van der Waals surface area contributed by atoms with E-state index in [4.69, 9.17) is 28.0 Å². The minimum atomic E-state index is -4.51. The number of amides is 2.